The molecule has 1 rings (SSSR count). The molecule has 13 heavy (non-hydrogen) atoms. The normalized spacial score (nSPS) is 40.4. The van der Waals surface area contributed by atoms with Crippen LogP contribution in [-0.4, -0.2) is 25.3 Å². The number of aldehydes is 1. The topological polar surface area (TPSA) is 43.4 Å². The van der Waals surface area contributed by atoms with Crippen LogP contribution in [0.25, 0.3) is 0 Å². The van der Waals surface area contributed by atoms with Gasteiger partial charge in [0, 0.05) is 20.0 Å². The Morgan fingerprint density at radius 3 is 2.62 bits per heavy atom. The van der Waals surface area contributed by atoms with E-state index in [4.69, 9.17) is 4.74 Å². The van der Waals surface area contributed by atoms with Crippen LogP contribution in [0.1, 0.15) is 26.7 Å². The quantitative estimate of drug-likeness (QED) is 0.606. The van der Waals surface area contributed by atoms with Gasteiger partial charge in [-0.2, -0.15) is 0 Å². The summed E-state index contributed by atoms with van der Waals surface area (Å²) in [6.07, 6.45) is 1.55. The Morgan fingerprint density at radius 1 is 1.54 bits per heavy atom. The molecule has 1 fully saturated rings. The maximum absolute atomic E-state index is 11.3. The molecule has 74 valence electrons. The third-order valence-electron chi connectivity index (χ3n) is 3.24. The highest BCUT2D eigenvalue weighted by Gasteiger charge is 2.44. The molecule has 0 heterocycles. The average molecular weight is 184 g/mol. The molecule has 0 aromatic heterocycles. The van der Waals surface area contributed by atoms with E-state index in [1.807, 2.05) is 13.8 Å². The first-order valence-corrected chi connectivity index (χ1v) is 4.55. The number of ether oxygens (including phenoxy) is 1. The summed E-state index contributed by atoms with van der Waals surface area (Å²) >= 11 is 0. The molecule has 3 heteroatoms. The van der Waals surface area contributed by atoms with Crippen molar-refractivity contribution in [2.24, 2.45) is 11.3 Å². The van der Waals surface area contributed by atoms with Crippen molar-refractivity contribution >= 4 is 12.1 Å². The van der Waals surface area contributed by atoms with E-state index in [0.717, 1.165) is 6.29 Å². The zero-order chi connectivity index (χ0) is 10.1. The monoisotopic (exact) mass is 184 g/mol. The Morgan fingerprint density at radius 2 is 2.15 bits per heavy atom. The van der Waals surface area contributed by atoms with Gasteiger partial charge in [-0.3, -0.25) is 4.79 Å². The third-order valence-corrected chi connectivity index (χ3v) is 3.24. The van der Waals surface area contributed by atoms with Crippen LogP contribution in [0.3, 0.4) is 0 Å². The highest BCUT2D eigenvalue weighted by Crippen LogP contribution is 2.39. The molecule has 3 atom stereocenters. The molecule has 3 unspecified atom stereocenters. The predicted octanol–water partition coefficient (Wildman–Crippen LogP) is 1.21. The molecule has 0 aliphatic heterocycles. The molecule has 0 N–H and O–H groups in total. The van der Waals surface area contributed by atoms with E-state index in [9.17, 15) is 9.59 Å². The predicted molar refractivity (Wildman–Crippen MR) is 48.4 cm³/mol. The summed E-state index contributed by atoms with van der Waals surface area (Å²) in [6, 6.07) is 0. The van der Waals surface area contributed by atoms with E-state index in [1.54, 1.807) is 7.11 Å². The lowest BCUT2D eigenvalue weighted by atomic mass is 9.67. The first-order chi connectivity index (χ1) is 6.04. The molecule has 0 aromatic rings. The Kier molecular flexibility index (Phi) is 2.86. The first kappa shape index (κ1) is 10.4. The maximum Gasteiger partial charge on any atom is 0.135 e. The molecular formula is C10H16O3. The molecule has 0 saturated heterocycles. The van der Waals surface area contributed by atoms with Crippen molar-refractivity contribution in [3.63, 3.8) is 0 Å². The lowest BCUT2D eigenvalue weighted by Crippen LogP contribution is -2.46. The minimum absolute atomic E-state index is 0.0798. The number of hydrogen-bond donors (Lipinski definition) is 0. The van der Waals surface area contributed by atoms with E-state index in [0.29, 0.717) is 12.8 Å². The standard InChI is InChI=1S/C10H16O3/c1-7-4-8(12)5-9(13-3)10(7,2)6-11/h6-7,9H,4-5H2,1-3H3. The summed E-state index contributed by atoms with van der Waals surface area (Å²) in [5.41, 5.74) is -0.497. The lowest BCUT2D eigenvalue weighted by Gasteiger charge is -2.40. The molecule has 3 nitrogen and oxygen atoms in total. The van der Waals surface area contributed by atoms with Gasteiger partial charge in [-0.15, -0.1) is 0 Å². The van der Waals surface area contributed by atoms with Gasteiger partial charge in [0.1, 0.15) is 12.1 Å². The Labute approximate surface area is 78.5 Å². The van der Waals surface area contributed by atoms with E-state index < -0.39 is 5.41 Å². The summed E-state index contributed by atoms with van der Waals surface area (Å²) in [5.74, 6) is 0.273. The smallest absolute Gasteiger partial charge is 0.135 e. The van der Waals surface area contributed by atoms with Crippen LogP contribution in [-0.2, 0) is 14.3 Å². The van der Waals surface area contributed by atoms with Crippen molar-refractivity contribution in [2.45, 2.75) is 32.8 Å². The van der Waals surface area contributed by atoms with Crippen molar-refractivity contribution in [1.29, 1.82) is 0 Å². The van der Waals surface area contributed by atoms with Gasteiger partial charge in [-0.1, -0.05) is 13.8 Å². The molecule has 1 saturated carbocycles. The van der Waals surface area contributed by atoms with Gasteiger partial charge in [0.2, 0.25) is 0 Å². The van der Waals surface area contributed by atoms with Crippen LogP contribution in [0.15, 0.2) is 0 Å². The van der Waals surface area contributed by atoms with Crippen LogP contribution < -0.4 is 0 Å². The second-order valence-corrected chi connectivity index (χ2v) is 4.06. The van der Waals surface area contributed by atoms with Gasteiger partial charge in [0.05, 0.1) is 11.5 Å². The number of rotatable bonds is 2. The minimum atomic E-state index is -0.497. The Balaban J connectivity index is 2.90. The van der Waals surface area contributed by atoms with Crippen LogP contribution in [0.2, 0.25) is 0 Å². The number of Topliss-reactive ketones (excluding diaryl/α,β-unsaturated/α-hetero) is 1. The van der Waals surface area contributed by atoms with Crippen molar-refractivity contribution in [1.82, 2.24) is 0 Å². The van der Waals surface area contributed by atoms with Gasteiger partial charge in [-0.25, -0.2) is 0 Å². The van der Waals surface area contributed by atoms with Crippen molar-refractivity contribution < 1.29 is 14.3 Å². The lowest BCUT2D eigenvalue weighted by molar-refractivity contribution is -0.142. The van der Waals surface area contributed by atoms with Crippen molar-refractivity contribution in [3.8, 4) is 0 Å². The number of hydrogen-bond acceptors (Lipinski definition) is 3. The number of carbonyl (C=O) groups is 2. The van der Waals surface area contributed by atoms with Gasteiger partial charge in [0.15, 0.2) is 0 Å². The zero-order valence-electron chi connectivity index (χ0n) is 8.37. The van der Waals surface area contributed by atoms with Gasteiger partial charge in [0.25, 0.3) is 0 Å². The Hall–Kier alpha value is -0.700. The molecule has 0 amide bonds. The van der Waals surface area contributed by atoms with Crippen LogP contribution in [0.5, 0.6) is 0 Å². The minimum Gasteiger partial charge on any atom is -0.380 e. The fourth-order valence-electron chi connectivity index (χ4n) is 1.92. The molecule has 0 bridgehead atoms. The summed E-state index contributed by atoms with van der Waals surface area (Å²) in [7, 11) is 1.55. The van der Waals surface area contributed by atoms with Gasteiger partial charge < -0.3 is 9.53 Å². The van der Waals surface area contributed by atoms with E-state index in [2.05, 4.69) is 0 Å². The fraction of sp³-hybridized carbons (Fsp3) is 0.800. The van der Waals surface area contributed by atoms with E-state index >= 15 is 0 Å². The summed E-state index contributed by atoms with van der Waals surface area (Å²) < 4.78 is 5.19. The van der Waals surface area contributed by atoms with Crippen LogP contribution >= 0.6 is 0 Å². The van der Waals surface area contributed by atoms with Crippen molar-refractivity contribution in [2.75, 3.05) is 7.11 Å². The number of methoxy groups -OCH3 is 1. The summed E-state index contributed by atoms with van der Waals surface area (Å²) in [4.78, 5) is 22.2. The second-order valence-electron chi connectivity index (χ2n) is 4.06. The highest BCUT2D eigenvalue weighted by molar-refractivity contribution is 5.82. The molecule has 0 spiro atoms. The maximum atomic E-state index is 11.3. The largest absolute Gasteiger partial charge is 0.380 e. The first-order valence-electron chi connectivity index (χ1n) is 4.55. The molecule has 0 aromatic carbocycles. The number of carbonyl (C=O) groups excluding carboxylic acids is 2. The van der Waals surface area contributed by atoms with E-state index in [-0.39, 0.29) is 17.8 Å². The van der Waals surface area contributed by atoms with Gasteiger partial charge in [-0.05, 0) is 5.92 Å². The molecule has 0 radical (unpaired) electrons. The van der Waals surface area contributed by atoms with E-state index in [1.165, 1.54) is 0 Å². The molecule has 1 aliphatic rings. The second kappa shape index (κ2) is 3.58. The molecule has 1 aliphatic carbocycles. The zero-order valence-corrected chi connectivity index (χ0v) is 8.37. The summed E-state index contributed by atoms with van der Waals surface area (Å²) in [6.45, 7) is 3.79. The van der Waals surface area contributed by atoms with Gasteiger partial charge >= 0.3 is 0 Å². The molecular weight excluding hydrogens is 168 g/mol. The number of ketones is 1. The van der Waals surface area contributed by atoms with Crippen LogP contribution in [0, 0.1) is 11.3 Å². The highest BCUT2D eigenvalue weighted by atomic mass is 16.5. The van der Waals surface area contributed by atoms with Crippen LogP contribution in [0.4, 0.5) is 0 Å². The third kappa shape index (κ3) is 1.66. The fourth-order valence-corrected chi connectivity index (χ4v) is 1.92. The SMILES string of the molecule is COC1CC(=O)CC(C)C1(C)C=O. The average Bonchev–Trinajstić information content (AvgIpc) is 2.11. The summed E-state index contributed by atoms with van der Waals surface area (Å²) in [5, 5.41) is 0. The Bertz CT molecular complexity index is 224. The van der Waals surface area contributed by atoms with Crippen molar-refractivity contribution in [3.05, 3.63) is 0 Å².